The van der Waals surface area contributed by atoms with Crippen LogP contribution < -0.4 is 5.56 Å². The van der Waals surface area contributed by atoms with E-state index in [2.05, 4.69) is 22.0 Å². The summed E-state index contributed by atoms with van der Waals surface area (Å²) in [5.41, 5.74) is 1.91. The van der Waals surface area contributed by atoms with Gasteiger partial charge in [-0.05, 0) is 56.9 Å². The molecular formula is C19H25N5O2. The fourth-order valence-corrected chi connectivity index (χ4v) is 4.04. The molecule has 26 heavy (non-hydrogen) atoms. The quantitative estimate of drug-likeness (QED) is 0.915. The van der Waals surface area contributed by atoms with E-state index in [4.69, 9.17) is 0 Å². The average molecular weight is 355 g/mol. The molecule has 0 radical (unpaired) electrons. The van der Waals surface area contributed by atoms with E-state index in [9.17, 15) is 9.59 Å². The molecule has 1 saturated heterocycles. The number of rotatable bonds is 3. The lowest BCUT2D eigenvalue weighted by atomic mass is 9.76. The van der Waals surface area contributed by atoms with Crippen molar-refractivity contribution in [3.05, 3.63) is 39.6 Å². The molecule has 7 heteroatoms. The second-order valence-corrected chi connectivity index (χ2v) is 8.01. The summed E-state index contributed by atoms with van der Waals surface area (Å²) in [6.07, 6.45) is 4.73. The lowest BCUT2D eigenvalue weighted by molar-refractivity contribution is 0.0561. The van der Waals surface area contributed by atoms with E-state index < -0.39 is 0 Å². The molecule has 4 rings (SSSR count). The van der Waals surface area contributed by atoms with E-state index in [0.29, 0.717) is 11.1 Å². The van der Waals surface area contributed by atoms with Gasteiger partial charge in [-0.2, -0.15) is 4.68 Å². The van der Waals surface area contributed by atoms with Gasteiger partial charge in [0.15, 0.2) is 0 Å². The van der Waals surface area contributed by atoms with Crippen LogP contribution in [0.25, 0.3) is 5.95 Å². The molecule has 1 amide bonds. The molecule has 2 aliphatic rings. The third-order valence-corrected chi connectivity index (χ3v) is 5.88. The van der Waals surface area contributed by atoms with E-state index in [1.54, 1.807) is 0 Å². The van der Waals surface area contributed by atoms with Crippen LogP contribution in [0.2, 0.25) is 0 Å². The molecule has 0 atom stereocenters. The molecule has 0 spiro atoms. The molecule has 2 aromatic rings. The van der Waals surface area contributed by atoms with E-state index in [-0.39, 0.29) is 17.4 Å². The molecule has 1 aliphatic heterocycles. The summed E-state index contributed by atoms with van der Waals surface area (Å²) in [5, 5.41) is 2.89. The molecule has 2 aromatic heterocycles. The Balaban J connectivity index is 1.53. The Hall–Kier alpha value is -2.44. The number of aromatic nitrogens is 4. The van der Waals surface area contributed by atoms with Gasteiger partial charge in [0, 0.05) is 30.5 Å². The van der Waals surface area contributed by atoms with Gasteiger partial charge in [0.2, 0.25) is 0 Å². The zero-order valence-corrected chi connectivity index (χ0v) is 15.6. The van der Waals surface area contributed by atoms with Gasteiger partial charge in [-0.15, -0.1) is 0 Å². The number of hydrogen-bond donors (Lipinski definition) is 1. The molecule has 1 N–H and O–H groups in total. The summed E-state index contributed by atoms with van der Waals surface area (Å²) >= 11 is 0. The molecule has 1 aliphatic carbocycles. The molecule has 138 valence electrons. The fraction of sp³-hybridized carbons (Fsp3) is 0.579. The lowest BCUT2D eigenvalue weighted by Gasteiger charge is -2.39. The molecule has 2 fully saturated rings. The van der Waals surface area contributed by atoms with E-state index in [1.165, 1.54) is 23.6 Å². The van der Waals surface area contributed by atoms with Crippen LogP contribution in [0.15, 0.2) is 16.9 Å². The van der Waals surface area contributed by atoms with Crippen molar-refractivity contribution in [2.24, 2.45) is 11.3 Å². The number of aromatic amines is 1. The second-order valence-electron chi connectivity index (χ2n) is 8.01. The molecular weight excluding hydrogens is 330 g/mol. The Bertz CT molecular complexity index is 881. The second kappa shape index (κ2) is 6.07. The first kappa shape index (κ1) is 17.0. The van der Waals surface area contributed by atoms with Crippen LogP contribution in [0, 0.1) is 25.2 Å². The zero-order valence-electron chi connectivity index (χ0n) is 15.6. The van der Waals surface area contributed by atoms with Gasteiger partial charge >= 0.3 is 0 Å². The van der Waals surface area contributed by atoms with Crippen LogP contribution in [0.1, 0.15) is 54.5 Å². The molecule has 7 nitrogen and oxygen atoms in total. The summed E-state index contributed by atoms with van der Waals surface area (Å²) in [4.78, 5) is 35.6. The number of carbonyl (C=O) groups excluding carboxylic acids is 1. The number of likely N-dealkylation sites (tertiary alicyclic amines) is 1. The van der Waals surface area contributed by atoms with Crippen molar-refractivity contribution in [2.75, 3.05) is 13.1 Å². The van der Waals surface area contributed by atoms with Crippen LogP contribution in [0.4, 0.5) is 0 Å². The first-order valence-electron chi connectivity index (χ1n) is 9.30. The normalized spacial score (nSPS) is 19.6. The SMILES string of the molecule is Cc1cc(C)nc(-n2[nH]c(C(=O)N3CCC(C)(C4CC4)CC3)cc2=O)n1. The van der Waals surface area contributed by atoms with Crippen molar-refractivity contribution in [2.45, 2.75) is 46.5 Å². The number of nitrogens with zero attached hydrogens (tertiary/aromatic N) is 4. The first-order valence-corrected chi connectivity index (χ1v) is 9.30. The van der Waals surface area contributed by atoms with Gasteiger partial charge in [-0.1, -0.05) is 6.92 Å². The predicted molar refractivity (Wildman–Crippen MR) is 97.4 cm³/mol. The van der Waals surface area contributed by atoms with Gasteiger partial charge in [0.25, 0.3) is 17.4 Å². The average Bonchev–Trinajstić information content (AvgIpc) is 3.37. The minimum Gasteiger partial charge on any atom is -0.337 e. The summed E-state index contributed by atoms with van der Waals surface area (Å²) in [5.74, 6) is 0.983. The van der Waals surface area contributed by atoms with Crippen LogP contribution >= 0.6 is 0 Å². The van der Waals surface area contributed by atoms with Crippen molar-refractivity contribution >= 4 is 5.91 Å². The Labute approximate surface area is 152 Å². The van der Waals surface area contributed by atoms with Crippen molar-refractivity contribution in [1.82, 2.24) is 24.6 Å². The highest BCUT2D eigenvalue weighted by Gasteiger charge is 2.43. The molecule has 3 heterocycles. The Morgan fingerprint density at radius 3 is 2.35 bits per heavy atom. The van der Waals surface area contributed by atoms with Crippen molar-refractivity contribution in [3.63, 3.8) is 0 Å². The number of amides is 1. The first-order chi connectivity index (χ1) is 12.4. The van der Waals surface area contributed by atoms with Crippen molar-refractivity contribution < 1.29 is 4.79 Å². The van der Waals surface area contributed by atoms with Crippen LogP contribution in [0.3, 0.4) is 0 Å². The molecule has 1 saturated carbocycles. The predicted octanol–water partition coefficient (Wildman–Crippen LogP) is 2.22. The van der Waals surface area contributed by atoms with E-state index in [1.807, 2.05) is 24.8 Å². The highest BCUT2D eigenvalue weighted by Crippen LogP contribution is 2.51. The highest BCUT2D eigenvalue weighted by molar-refractivity contribution is 5.92. The minimum atomic E-state index is -0.321. The summed E-state index contributed by atoms with van der Waals surface area (Å²) in [7, 11) is 0. The smallest absolute Gasteiger partial charge is 0.274 e. The topological polar surface area (TPSA) is 83.9 Å². The van der Waals surface area contributed by atoms with Gasteiger partial charge in [0.1, 0.15) is 5.69 Å². The maximum Gasteiger partial charge on any atom is 0.274 e. The number of nitrogens with one attached hydrogen (secondary N) is 1. The summed E-state index contributed by atoms with van der Waals surface area (Å²) < 4.78 is 1.24. The Morgan fingerprint density at radius 1 is 1.15 bits per heavy atom. The Morgan fingerprint density at radius 2 is 1.77 bits per heavy atom. The molecule has 0 bridgehead atoms. The van der Waals surface area contributed by atoms with Crippen LogP contribution in [-0.2, 0) is 0 Å². The van der Waals surface area contributed by atoms with Crippen molar-refractivity contribution in [1.29, 1.82) is 0 Å². The standard InChI is InChI=1S/C19H25N5O2/c1-12-10-13(2)21-18(20-12)24-16(25)11-15(22-24)17(26)23-8-6-19(3,7-9-23)14-4-5-14/h10-11,14,22H,4-9H2,1-3H3. The lowest BCUT2D eigenvalue weighted by Crippen LogP contribution is -2.43. The van der Waals surface area contributed by atoms with E-state index in [0.717, 1.165) is 43.2 Å². The van der Waals surface area contributed by atoms with Crippen molar-refractivity contribution in [3.8, 4) is 5.95 Å². The van der Waals surface area contributed by atoms with Gasteiger partial charge in [-0.3, -0.25) is 14.7 Å². The van der Waals surface area contributed by atoms with E-state index >= 15 is 0 Å². The maximum absolute atomic E-state index is 12.8. The largest absolute Gasteiger partial charge is 0.337 e. The van der Waals surface area contributed by atoms with Gasteiger partial charge in [-0.25, -0.2) is 9.97 Å². The zero-order chi connectivity index (χ0) is 18.5. The number of carbonyl (C=O) groups is 1. The number of piperidine rings is 1. The maximum atomic E-state index is 12.8. The summed E-state index contributed by atoms with van der Waals surface area (Å²) in [6, 6.07) is 3.19. The number of H-pyrrole nitrogens is 1. The third-order valence-electron chi connectivity index (χ3n) is 5.88. The number of aryl methyl sites for hydroxylation is 2. The summed E-state index contributed by atoms with van der Waals surface area (Å²) in [6.45, 7) is 7.55. The van der Waals surface area contributed by atoms with Gasteiger partial charge < -0.3 is 4.90 Å². The monoisotopic (exact) mass is 355 g/mol. The number of hydrogen-bond acceptors (Lipinski definition) is 4. The Kier molecular flexibility index (Phi) is 3.97. The fourth-order valence-electron chi connectivity index (χ4n) is 4.04. The minimum absolute atomic E-state index is 0.122. The van der Waals surface area contributed by atoms with Crippen LogP contribution in [-0.4, -0.2) is 43.6 Å². The molecule has 0 unspecified atom stereocenters. The molecule has 0 aromatic carbocycles. The van der Waals surface area contributed by atoms with Gasteiger partial charge in [0.05, 0.1) is 0 Å². The third kappa shape index (κ3) is 3.06. The highest BCUT2D eigenvalue weighted by atomic mass is 16.2. The van der Waals surface area contributed by atoms with Crippen LogP contribution in [0.5, 0.6) is 0 Å².